The minimum absolute atomic E-state index is 0.00488. The van der Waals surface area contributed by atoms with Gasteiger partial charge in [0, 0.05) is 17.3 Å². The van der Waals surface area contributed by atoms with Gasteiger partial charge in [0.05, 0.1) is 19.3 Å². The number of aromatic nitrogens is 5. The lowest BCUT2D eigenvalue weighted by atomic mass is 10.2. The summed E-state index contributed by atoms with van der Waals surface area (Å²) < 4.78 is 51.2. The van der Waals surface area contributed by atoms with Gasteiger partial charge in [-0.3, -0.25) is 4.98 Å². The molecule has 2 N–H and O–H groups in total. The van der Waals surface area contributed by atoms with E-state index in [0.717, 1.165) is 6.20 Å². The van der Waals surface area contributed by atoms with Crippen molar-refractivity contribution in [2.45, 2.75) is 20.1 Å². The van der Waals surface area contributed by atoms with Crippen LogP contribution in [0.15, 0.2) is 42.7 Å². The first-order chi connectivity index (χ1) is 15.0. The third kappa shape index (κ3) is 4.20. The Hall–Kier alpha value is -3.89. The molecule has 160 valence electrons. The summed E-state index contributed by atoms with van der Waals surface area (Å²) in [6.07, 6.45) is 2.49. The van der Waals surface area contributed by atoms with Crippen molar-refractivity contribution in [3.8, 4) is 23.1 Å². The lowest BCUT2D eigenvalue weighted by Gasteiger charge is -2.13. The van der Waals surface area contributed by atoms with E-state index >= 15 is 0 Å². The molecule has 3 aromatic heterocycles. The minimum atomic E-state index is -2.99. The van der Waals surface area contributed by atoms with Gasteiger partial charge >= 0.3 is 12.6 Å². The van der Waals surface area contributed by atoms with Crippen LogP contribution in [-0.2, 0) is 6.54 Å². The Balaban J connectivity index is 1.92. The fraction of sp³-hybridized carbons (Fsp3) is 0.200. The van der Waals surface area contributed by atoms with Crippen LogP contribution in [0.25, 0.3) is 22.6 Å². The number of pyridine rings is 1. The molecule has 4 rings (SSSR count). The van der Waals surface area contributed by atoms with Gasteiger partial charge in [-0.15, -0.1) is 0 Å². The molecule has 0 saturated carbocycles. The predicted molar refractivity (Wildman–Crippen MR) is 106 cm³/mol. The number of nitrogens with two attached hydrogens (primary N) is 1. The molecule has 4 aromatic rings. The first kappa shape index (κ1) is 20.4. The number of nitrogen functional groups attached to an aromatic ring is 1. The molecule has 0 saturated heterocycles. The first-order valence-corrected chi connectivity index (χ1v) is 9.26. The summed E-state index contributed by atoms with van der Waals surface area (Å²) in [6.45, 7) is -0.879. The number of nitrogens with zero attached hydrogens (tertiary/aromatic N) is 5. The van der Waals surface area contributed by atoms with E-state index in [1.807, 2.05) is 0 Å². The van der Waals surface area contributed by atoms with Crippen molar-refractivity contribution in [2.75, 3.05) is 12.3 Å². The van der Waals surface area contributed by atoms with Crippen LogP contribution in [-0.4, -0.2) is 37.7 Å². The second-order valence-corrected chi connectivity index (χ2v) is 6.40. The quantitative estimate of drug-likeness (QED) is 0.478. The molecular weight excluding hydrogens is 413 g/mol. The summed E-state index contributed by atoms with van der Waals surface area (Å²) in [5.74, 6) is -0.222. The largest absolute Gasteiger partial charge is 0.464 e. The van der Waals surface area contributed by atoms with Crippen molar-refractivity contribution >= 4 is 17.0 Å². The number of hydrogen-bond acceptors (Lipinski definition) is 7. The molecule has 0 atom stereocenters. The molecule has 3 heterocycles. The molecular formula is C20H17F3N6O2. The van der Waals surface area contributed by atoms with Gasteiger partial charge in [0.2, 0.25) is 0 Å². The van der Waals surface area contributed by atoms with Crippen molar-refractivity contribution < 1.29 is 22.6 Å². The standard InChI is InChI=1S/C20H17F3N6O2/c1-2-30-20-27-16(24)15-18(28-20)29(17(26-15)12-7-13(21)9-25-8-12)10-11-5-3-4-6-14(11)31-19(22)23/h3-9,19H,2,10H2,1H3,(H2,24,27,28). The molecule has 0 unspecified atom stereocenters. The van der Waals surface area contributed by atoms with E-state index < -0.39 is 12.4 Å². The summed E-state index contributed by atoms with van der Waals surface area (Å²) >= 11 is 0. The third-order valence-electron chi connectivity index (χ3n) is 4.35. The molecule has 0 bridgehead atoms. The number of para-hydroxylation sites is 1. The molecule has 0 fully saturated rings. The molecule has 0 spiro atoms. The van der Waals surface area contributed by atoms with Gasteiger partial charge in [0.1, 0.15) is 17.4 Å². The summed E-state index contributed by atoms with van der Waals surface area (Å²) in [5, 5.41) is 0. The van der Waals surface area contributed by atoms with Crippen LogP contribution < -0.4 is 15.2 Å². The smallest absolute Gasteiger partial charge is 0.387 e. The van der Waals surface area contributed by atoms with Crippen molar-refractivity contribution in [3.05, 3.63) is 54.1 Å². The number of benzene rings is 1. The van der Waals surface area contributed by atoms with Gasteiger partial charge in [0.15, 0.2) is 17.0 Å². The number of fused-ring (bicyclic) bond motifs is 1. The molecule has 0 aliphatic carbocycles. The zero-order valence-corrected chi connectivity index (χ0v) is 16.3. The molecule has 0 radical (unpaired) electrons. The molecule has 1 aromatic carbocycles. The number of imidazole rings is 1. The Morgan fingerprint density at radius 3 is 2.68 bits per heavy atom. The molecule has 8 nitrogen and oxygen atoms in total. The minimum Gasteiger partial charge on any atom is -0.464 e. The Bertz CT molecular complexity index is 1230. The summed E-state index contributed by atoms with van der Waals surface area (Å²) in [6, 6.07) is 7.61. The molecule has 0 amide bonds. The number of alkyl halides is 2. The van der Waals surface area contributed by atoms with Crippen LogP contribution in [0.5, 0.6) is 11.8 Å². The van der Waals surface area contributed by atoms with Crippen LogP contribution in [0.2, 0.25) is 0 Å². The molecule has 31 heavy (non-hydrogen) atoms. The summed E-state index contributed by atoms with van der Waals surface area (Å²) in [7, 11) is 0. The Morgan fingerprint density at radius 1 is 1.13 bits per heavy atom. The predicted octanol–water partition coefficient (Wildman–Crippen LogP) is 3.66. The highest BCUT2D eigenvalue weighted by atomic mass is 19.3. The normalized spacial score (nSPS) is 11.3. The fourth-order valence-electron chi connectivity index (χ4n) is 3.11. The van der Waals surface area contributed by atoms with Gasteiger partial charge in [-0.1, -0.05) is 18.2 Å². The Kier molecular flexibility index (Phi) is 5.56. The highest BCUT2D eigenvalue weighted by molar-refractivity contribution is 5.86. The van der Waals surface area contributed by atoms with Gasteiger partial charge in [-0.05, 0) is 19.1 Å². The van der Waals surface area contributed by atoms with E-state index in [2.05, 4.69) is 24.7 Å². The van der Waals surface area contributed by atoms with Gasteiger partial charge in [0.25, 0.3) is 0 Å². The number of anilines is 1. The van der Waals surface area contributed by atoms with Crippen LogP contribution in [0.1, 0.15) is 12.5 Å². The SMILES string of the molecule is CCOc1nc(N)c2nc(-c3cncc(F)c3)n(Cc3ccccc3OC(F)F)c2n1. The zero-order valence-electron chi connectivity index (χ0n) is 16.3. The first-order valence-electron chi connectivity index (χ1n) is 9.26. The Labute approximate surface area is 174 Å². The number of rotatable bonds is 7. The molecule has 0 aliphatic heterocycles. The van der Waals surface area contributed by atoms with Crippen molar-refractivity contribution in [2.24, 2.45) is 0 Å². The summed E-state index contributed by atoms with van der Waals surface area (Å²) in [4.78, 5) is 16.8. The van der Waals surface area contributed by atoms with E-state index in [9.17, 15) is 13.2 Å². The monoisotopic (exact) mass is 430 g/mol. The van der Waals surface area contributed by atoms with Crippen LogP contribution in [0, 0.1) is 5.82 Å². The topological polar surface area (TPSA) is 101 Å². The van der Waals surface area contributed by atoms with E-state index in [1.54, 1.807) is 29.7 Å². The van der Waals surface area contributed by atoms with E-state index in [0.29, 0.717) is 23.4 Å². The maximum absolute atomic E-state index is 13.8. The Morgan fingerprint density at radius 2 is 1.94 bits per heavy atom. The summed E-state index contributed by atoms with van der Waals surface area (Å²) in [5.41, 5.74) is 7.38. The average Bonchev–Trinajstić information content (AvgIpc) is 3.08. The number of halogens is 3. The fourth-order valence-corrected chi connectivity index (χ4v) is 3.11. The molecule has 0 aliphatic rings. The van der Waals surface area contributed by atoms with E-state index in [1.165, 1.54) is 18.3 Å². The van der Waals surface area contributed by atoms with Crippen molar-refractivity contribution in [3.63, 3.8) is 0 Å². The third-order valence-corrected chi connectivity index (χ3v) is 4.35. The second kappa shape index (κ2) is 8.46. The molecule has 11 heteroatoms. The van der Waals surface area contributed by atoms with Crippen LogP contribution >= 0.6 is 0 Å². The average molecular weight is 430 g/mol. The van der Waals surface area contributed by atoms with E-state index in [-0.39, 0.29) is 35.5 Å². The van der Waals surface area contributed by atoms with Crippen molar-refractivity contribution in [1.29, 1.82) is 0 Å². The lowest BCUT2D eigenvalue weighted by Crippen LogP contribution is -2.09. The van der Waals surface area contributed by atoms with Crippen LogP contribution in [0.4, 0.5) is 19.0 Å². The maximum atomic E-state index is 13.8. The highest BCUT2D eigenvalue weighted by Gasteiger charge is 2.21. The zero-order chi connectivity index (χ0) is 22.0. The highest BCUT2D eigenvalue weighted by Crippen LogP contribution is 2.30. The number of ether oxygens (including phenoxy) is 2. The number of hydrogen-bond donors (Lipinski definition) is 1. The van der Waals surface area contributed by atoms with Gasteiger partial charge in [-0.2, -0.15) is 18.7 Å². The lowest BCUT2D eigenvalue weighted by molar-refractivity contribution is -0.0504. The van der Waals surface area contributed by atoms with Crippen molar-refractivity contribution in [1.82, 2.24) is 24.5 Å². The maximum Gasteiger partial charge on any atom is 0.387 e. The van der Waals surface area contributed by atoms with Gasteiger partial charge < -0.3 is 19.8 Å². The van der Waals surface area contributed by atoms with E-state index in [4.69, 9.17) is 10.5 Å². The van der Waals surface area contributed by atoms with Crippen LogP contribution in [0.3, 0.4) is 0 Å². The van der Waals surface area contributed by atoms with Gasteiger partial charge in [-0.25, -0.2) is 9.37 Å². The second-order valence-electron chi connectivity index (χ2n) is 6.40.